The zero-order valence-electron chi connectivity index (χ0n) is 13.1. The molecule has 132 valence electrons. The molecule has 11 heteroatoms. The Morgan fingerprint density at radius 1 is 1.25 bits per heavy atom. The number of halogens is 3. The second kappa shape index (κ2) is 6.49. The molecule has 8 nitrogen and oxygen atoms in total. The molecule has 0 aliphatic rings. The van der Waals surface area contributed by atoms with Crippen LogP contribution in [0.25, 0.3) is 11.2 Å². The van der Waals surface area contributed by atoms with Gasteiger partial charge in [-0.05, 0) is 6.42 Å². The summed E-state index contributed by atoms with van der Waals surface area (Å²) in [5.41, 5.74) is -0.942. The molecule has 0 aliphatic heterocycles. The number of amides is 1. The fraction of sp³-hybridized carbons (Fsp3) is 0.538. The Balaban J connectivity index is 2.12. The van der Waals surface area contributed by atoms with Crippen LogP contribution in [0.2, 0.25) is 0 Å². The van der Waals surface area contributed by atoms with Crippen molar-refractivity contribution in [3.8, 4) is 0 Å². The van der Waals surface area contributed by atoms with Crippen LogP contribution in [0.15, 0.2) is 15.9 Å². The van der Waals surface area contributed by atoms with Gasteiger partial charge in [0.15, 0.2) is 11.2 Å². The van der Waals surface area contributed by atoms with E-state index in [2.05, 4.69) is 10.3 Å². The minimum absolute atomic E-state index is 0.0741. The lowest BCUT2D eigenvalue weighted by atomic mass is 10.3. The number of carbonyl (C=O) groups is 1. The van der Waals surface area contributed by atoms with Gasteiger partial charge < -0.3 is 9.88 Å². The Kier molecular flexibility index (Phi) is 4.81. The van der Waals surface area contributed by atoms with Gasteiger partial charge in [0.1, 0.15) is 6.54 Å². The minimum atomic E-state index is -4.26. The molecule has 0 atom stereocenters. The van der Waals surface area contributed by atoms with Gasteiger partial charge in [-0.1, -0.05) is 0 Å². The fourth-order valence-corrected chi connectivity index (χ4v) is 2.24. The van der Waals surface area contributed by atoms with Crippen molar-refractivity contribution in [3.63, 3.8) is 0 Å². The molecule has 0 aliphatic carbocycles. The van der Waals surface area contributed by atoms with Crippen LogP contribution in [0.1, 0.15) is 12.8 Å². The number of rotatable bonds is 5. The maximum Gasteiger partial charge on any atom is 0.389 e. The molecule has 0 unspecified atom stereocenters. The van der Waals surface area contributed by atoms with E-state index in [0.29, 0.717) is 0 Å². The van der Waals surface area contributed by atoms with E-state index in [1.54, 1.807) is 0 Å². The van der Waals surface area contributed by atoms with E-state index < -0.39 is 29.8 Å². The Labute approximate surface area is 133 Å². The molecule has 2 aromatic heterocycles. The van der Waals surface area contributed by atoms with E-state index >= 15 is 0 Å². The van der Waals surface area contributed by atoms with E-state index in [0.717, 1.165) is 4.57 Å². The molecule has 0 spiro atoms. The van der Waals surface area contributed by atoms with Crippen LogP contribution in [0.4, 0.5) is 13.2 Å². The van der Waals surface area contributed by atoms with Crippen molar-refractivity contribution in [1.29, 1.82) is 0 Å². The van der Waals surface area contributed by atoms with Gasteiger partial charge in [0.2, 0.25) is 5.91 Å². The number of carbonyl (C=O) groups excluding carboxylic acids is 1. The highest BCUT2D eigenvalue weighted by Gasteiger charge is 2.26. The monoisotopic (exact) mass is 347 g/mol. The number of hydrogen-bond acceptors (Lipinski definition) is 4. The maximum atomic E-state index is 12.2. The van der Waals surface area contributed by atoms with Gasteiger partial charge in [-0.25, -0.2) is 9.78 Å². The Hall–Kier alpha value is -2.59. The van der Waals surface area contributed by atoms with Crippen molar-refractivity contribution >= 4 is 17.1 Å². The molecule has 1 N–H and O–H groups in total. The molecular formula is C13H16F3N5O3. The van der Waals surface area contributed by atoms with Crippen LogP contribution >= 0.6 is 0 Å². The van der Waals surface area contributed by atoms with Crippen molar-refractivity contribution < 1.29 is 18.0 Å². The van der Waals surface area contributed by atoms with Gasteiger partial charge in [-0.3, -0.25) is 18.7 Å². The van der Waals surface area contributed by atoms with Crippen LogP contribution in [-0.2, 0) is 25.4 Å². The molecular weight excluding hydrogens is 331 g/mol. The first-order valence-corrected chi connectivity index (χ1v) is 7.06. The number of aromatic nitrogens is 4. The standard InChI is InChI=1S/C13H16F3N5O3/c1-19-10-9(11(23)20(2)12(19)24)21(7-18-10)6-8(22)17-5-3-4-13(14,15)16/h7H,3-6H2,1-2H3,(H,17,22). The smallest absolute Gasteiger partial charge is 0.355 e. The molecule has 0 saturated carbocycles. The normalized spacial score (nSPS) is 11.9. The average molecular weight is 347 g/mol. The number of imidazole rings is 1. The molecule has 2 heterocycles. The van der Waals surface area contributed by atoms with E-state index in [1.165, 1.54) is 29.6 Å². The zero-order valence-corrected chi connectivity index (χ0v) is 13.1. The number of fused-ring (bicyclic) bond motifs is 1. The minimum Gasteiger partial charge on any atom is -0.355 e. The maximum absolute atomic E-state index is 12.2. The van der Waals surface area contributed by atoms with Gasteiger partial charge in [-0.2, -0.15) is 13.2 Å². The van der Waals surface area contributed by atoms with E-state index in [4.69, 9.17) is 0 Å². The summed E-state index contributed by atoms with van der Waals surface area (Å²) in [5.74, 6) is -0.549. The molecule has 0 radical (unpaired) electrons. The second-order valence-corrected chi connectivity index (χ2v) is 5.32. The first-order valence-electron chi connectivity index (χ1n) is 7.06. The van der Waals surface area contributed by atoms with E-state index in [-0.39, 0.29) is 30.7 Å². The molecule has 0 bridgehead atoms. The van der Waals surface area contributed by atoms with Crippen LogP contribution in [0, 0.1) is 0 Å². The number of hydrogen-bond donors (Lipinski definition) is 1. The average Bonchev–Trinajstić information content (AvgIpc) is 2.90. The largest absolute Gasteiger partial charge is 0.389 e. The summed E-state index contributed by atoms with van der Waals surface area (Å²) in [6.07, 6.45) is -4.23. The summed E-state index contributed by atoms with van der Waals surface area (Å²) in [7, 11) is 2.75. The molecule has 1 amide bonds. The summed E-state index contributed by atoms with van der Waals surface area (Å²) in [5, 5.41) is 2.35. The SMILES string of the molecule is Cn1c(=O)c2c(ncn2CC(=O)NCCCC(F)(F)F)n(C)c1=O. The van der Waals surface area contributed by atoms with Gasteiger partial charge in [-0.15, -0.1) is 0 Å². The number of aryl methyl sites for hydroxylation is 1. The Morgan fingerprint density at radius 2 is 1.92 bits per heavy atom. The Bertz CT molecular complexity index is 878. The lowest BCUT2D eigenvalue weighted by molar-refractivity contribution is -0.136. The number of nitrogens with one attached hydrogen (secondary N) is 1. The van der Waals surface area contributed by atoms with Gasteiger partial charge in [0.05, 0.1) is 6.33 Å². The lowest BCUT2D eigenvalue weighted by Crippen LogP contribution is -2.38. The topological polar surface area (TPSA) is 90.9 Å². The summed E-state index contributed by atoms with van der Waals surface area (Å²) < 4.78 is 39.4. The second-order valence-electron chi connectivity index (χ2n) is 5.32. The fourth-order valence-electron chi connectivity index (χ4n) is 2.24. The van der Waals surface area contributed by atoms with Crippen molar-refractivity contribution in [2.75, 3.05) is 6.54 Å². The quantitative estimate of drug-likeness (QED) is 0.765. The molecule has 2 aromatic rings. The molecule has 0 fully saturated rings. The van der Waals surface area contributed by atoms with Crippen LogP contribution in [0.3, 0.4) is 0 Å². The summed E-state index contributed by atoms with van der Waals surface area (Å²) in [6, 6.07) is 0. The highest BCUT2D eigenvalue weighted by molar-refractivity contribution is 5.78. The first kappa shape index (κ1) is 17.8. The number of nitrogens with zero attached hydrogens (tertiary/aromatic N) is 4. The van der Waals surface area contributed by atoms with E-state index in [9.17, 15) is 27.6 Å². The highest BCUT2D eigenvalue weighted by Crippen LogP contribution is 2.20. The predicted octanol–water partition coefficient (Wildman–Crippen LogP) is -0.108. The molecule has 0 saturated heterocycles. The lowest BCUT2D eigenvalue weighted by Gasteiger charge is -2.09. The van der Waals surface area contributed by atoms with Crippen LogP contribution in [-0.4, -0.2) is 37.3 Å². The van der Waals surface area contributed by atoms with Crippen molar-refractivity contribution in [2.45, 2.75) is 25.6 Å². The third-order valence-corrected chi connectivity index (χ3v) is 3.49. The first-order chi connectivity index (χ1) is 11.1. The van der Waals surface area contributed by atoms with E-state index in [1.807, 2.05) is 0 Å². The highest BCUT2D eigenvalue weighted by atomic mass is 19.4. The Morgan fingerprint density at radius 3 is 2.54 bits per heavy atom. The van der Waals surface area contributed by atoms with Crippen molar-refractivity contribution in [1.82, 2.24) is 24.0 Å². The van der Waals surface area contributed by atoms with Gasteiger partial charge >= 0.3 is 11.9 Å². The third kappa shape index (κ3) is 3.66. The van der Waals surface area contributed by atoms with Crippen LogP contribution in [0.5, 0.6) is 0 Å². The van der Waals surface area contributed by atoms with Crippen molar-refractivity contribution in [3.05, 3.63) is 27.2 Å². The molecule has 0 aromatic carbocycles. The van der Waals surface area contributed by atoms with Crippen molar-refractivity contribution in [2.24, 2.45) is 14.1 Å². The summed E-state index contributed by atoms with van der Waals surface area (Å²) in [6.45, 7) is -0.405. The summed E-state index contributed by atoms with van der Waals surface area (Å²) >= 11 is 0. The molecule has 2 rings (SSSR count). The predicted molar refractivity (Wildman–Crippen MR) is 78.5 cm³/mol. The van der Waals surface area contributed by atoms with Gasteiger partial charge in [0, 0.05) is 27.1 Å². The van der Waals surface area contributed by atoms with Gasteiger partial charge in [0.25, 0.3) is 5.56 Å². The van der Waals surface area contributed by atoms with Crippen LogP contribution < -0.4 is 16.6 Å². The third-order valence-electron chi connectivity index (χ3n) is 3.49. The zero-order chi connectivity index (χ0) is 18.1. The molecule has 24 heavy (non-hydrogen) atoms. The number of alkyl halides is 3. The summed E-state index contributed by atoms with van der Waals surface area (Å²) in [4.78, 5) is 39.7.